The molecule has 0 amide bonds. The minimum Gasteiger partial charge on any atom is -0.313 e. The van der Waals surface area contributed by atoms with Crippen molar-refractivity contribution in [3.05, 3.63) is 58.4 Å². The molecule has 0 heterocycles. The highest BCUT2D eigenvalue weighted by molar-refractivity contribution is 5.71. The third kappa shape index (κ3) is 3.07. The molecule has 0 saturated carbocycles. The van der Waals surface area contributed by atoms with Crippen molar-refractivity contribution in [3.8, 4) is 11.1 Å². The Balaban J connectivity index is 2.44. The zero-order chi connectivity index (χ0) is 14.7. The molecule has 0 aliphatic rings. The molecule has 2 aromatic carbocycles. The lowest BCUT2D eigenvalue weighted by Gasteiger charge is -2.13. The molecule has 0 unspecified atom stereocenters. The van der Waals surface area contributed by atoms with Gasteiger partial charge < -0.3 is 5.32 Å². The zero-order valence-electron chi connectivity index (χ0n) is 12.7. The summed E-state index contributed by atoms with van der Waals surface area (Å²) in [6, 6.07) is 9.88. The van der Waals surface area contributed by atoms with E-state index >= 15 is 0 Å². The van der Waals surface area contributed by atoms with Crippen molar-refractivity contribution in [2.75, 3.05) is 6.54 Å². The van der Waals surface area contributed by atoms with E-state index in [0.29, 0.717) is 0 Å². The SMILES string of the molecule is CCNCc1ccc(-c2c(C)cc(C)cc2F)c(C)c1. The first-order valence-electron chi connectivity index (χ1n) is 7.10. The van der Waals surface area contributed by atoms with E-state index in [0.717, 1.165) is 40.9 Å². The van der Waals surface area contributed by atoms with Crippen molar-refractivity contribution in [1.82, 2.24) is 5.32 Å². The first-order chi connectivity index (χ1) is 9.52. The van der Waals surface area contributed by atoms with Gasteiger partial charge in [-0.05, 0) is 61.2 Å². The third-order valence-corrected chi connectivity index (χ3v) is 3.57. The van der Waals surface area contributed by atoms with Gasteiger partial charge in [-0.1, -0.05) is 31.2 Å². The summed E-state index contributed by atoms with van der Waals surface area (Å²) in [5.74, 6) is -0.134. The average Bonchev–Trinajstić information content (AvgIpc) is 2.37. The van der Waals surface area contributed by atoms with Gasteiger partial charge >= 0.3 is 0 Å². The summed E-state index contributed by atoms with van der Waals surface area (Å²) in [6.07, 6.45) is 0. The molecule has 0 aromatic heterocycles. The molecule has 2 rings (SSSR count). The summed E-state index contributed by atoms with van der Waals surface area (Å²) in [5, 5.41) is 3.31. The van der Waals surface area contributed by atoms with Crippen LogP contribution < -0.4 is 5.32 Å². The standard InChI is InChI=1S/C18H22FN/c1-5-20-11-15-6-7-16(13(3)10-15)18-14(4)8-12(2)9-17(18)19/h6-10,20H,5,11H2,1-4H3. The fourth-order valence-electron chi connectivity index (χ4n) is 2.64. The molecule has 2 heteroatoms. The second kappa shape index (κ2) is 6.19. The minimum atomic E-state index is -0.134. The van der Waals surface area contributed by atoms with Crippen LogP contribution in [0.25, 0.3) is 11.1 Å². The second-order valence-electron chi connectivity index (χ2n) is 5.37. The van der Waals surface area contributed by atoms with Gasteiger partial charge in [0.1, 0.15) is 5.82 Å². The van der Waals surface area contributed by atoms with Crippen LogP contribution in [0.5, 0.6) is 0 Å². The van der Waals surface area contributed by atoms with Crippen molar-refractivity contribution in [2.45, 2.75) is 34.2 Å². The molecule has 0 aliphatic heterocycles. The fourth-order valence-corrected chi connectivity index (χ4v) is 2.64. The quantitative estimate of drug-likeness (QED) is 0.861. The van der Waals surface area contributed by atoms with Crippen LogP contribution in [0.2, 0.25) is 0 Å². The van der Waals surface area contributed by atoms with Crippen LogP contribution in [0, 0.1) is 26.6 Å². The first kappa shape index (κ1) is 14.7. The van der Waals surface area contributed by atoms with Crippen LogP contribution in [0.1, 0.15) is 29.2 Å². The van der Waals surface area contributed by atoms with Gasteiger partial charge in [0.15, 0.2) is 0 Å². The Bertz CT molecular complexity index is 594. The number of hydrogen-bond donors (Lipinski definition) is 1. The molecule has 0 atom stereocenters. The maximum absolute atomic E-state index is 14.3. The van der Waals surface area contributed by atoms with E-state index in [9.17, 15) is 4.39 Å². The highest BCUT2D eigenvalue weighted by atomic mass is 19.1. The number of nitrogens with one attached hydrogen (secondary N) is 1. The van der Waals surface area contributed by atoms with Crippen molar-refractivity contribution in [1.29, 1.82) is 0 Å². The van der Waals surface area contributed by atoms with Crippen LogP contribution in [0.3, 0.4) is 0 Å². The van der Waals surface area contributed by atoms with E-state index in [1.165, 1.54) is 5.56 Å². The molecule has 0 spiro atoms. The topological polar surface area (TPSA) is 12.0 Å². The van der Waals surface area contributed by atoms with Crippen LogP contribution in [-0.2, 0) is 6.54 Å². The van der Waals surface area contributed by atoms with Crippen LogP contribution in [0.15, 0.2) is 30.3 Å². The number of rotatable bonds is 4. The van der Waals surface area contributed by atoms with Gasteiger partial charge in [-0.15, -0.1) is 0 Å². The van der Waals surface area contributed by atoms with Gasteiger partial charge in [-0.2, -0.15) is 0 Å². The van der Waals surface area contributed by atoms with Crippen LogP contribution >= 0.6 is 0 Å². The van der Waals surface area contributed by atoms with Gasteiger partial charge in [0, 0.05) is 12.1 Å². The summed E-state index contributed by atoms with van der Waals surface area (Å²) < 4.78 is 14.3. The lowest BCUT2D eigenvalue weighted by Crippen LogP contribution is -2.11. The van der Waals surface area contributed by atoms with Crippen molar-refractivity contribution in [2.24, 2.45) is 0 Å². The zero-order valence-corrected chi connectivity index (χ0v) is 12.7. The maximum Gasteiger partial charge on any atom is 0.131 e. The predicted octanol–water partition coefficient (Wildman–Crippen LogP) is 4.53. The molecule has 1 nitrogen and oxygen atoms in total. The van der Waals surface area contributed by atoms with Crippen molar-refractivity contribution < 1.29 is 4.39 Å². The monoisotopic (exact) mass is 271 g/mol. The molecule has 20 heavy (non-hydrogen) atoms. The van der Waals surface area contributed by atoms with E-state index in [4.69, 9.17) is 0 Å². The largest absolute Gasteiger partial charge is 0.313 e. The highest BCUT2D eigenvalue weighted by Gasteiger charge is 2.12. The first-order valence-corrected chi connectivity index (χ1v) is 7.10. The molecule has 106 valence electrons. The number of benzene rings is 2. The summed E-state index contributed by atoms with van der Waals surface area (Å²) in [6.45, 7) is 9.83. The second-order valence-corrected chi connectivity index (χ2v) is 5.37. The lowest BCUT2D eigenvalue weighted by molar-refractivity contribution is 0.629. The highest BCUT2D eigenvalue weighted by Crippen LogP contribution is 2.30. The molecule has 0 fully saturated rings. The van der Waals surface area contributed by atoms with Crippen molar-refractivity contribution >= 4 is 0 Å². The van der Waals surface area contributed by atoms with E-state index in [2.05, 4.69) is 24.4 Å². The Morgan fingerprint density at radius 1 is 1.00 bits per heavy atom. The Hall–Kier alpha value is -1.67. The summed E-state index contributed by atoms with van der Waals surface area (Å²) >= 11 is 0. The molecular weight excluding hydrogens is 249 g/mol. The van der Waals surface area contributed by atoms with Gasteiger partial charge in [0.2, 0.25) is 0 Å². The minimum absolute atomic E-state index is 0.134. The smallest absolute Gasteiger partial charge is 0.131 e. The summed E-state index contributed by atoms with van der Waals surface area (Å²) in [5.41, 5.74) is 6.02. The van der Waals surface area contributed by atoms with Gasteiger partial charge in [-0.25, -0.2) is 4.39 Å². The molecule has 0 radical (unpaired) electrons. The van der Waals surface area contributed by atoms with Gasteiger partial charge in [0.05, 0.1) is 0 Å². The predicted molar refractivity (Wildman–Crippen MR) is 83.4 cm³/mol. The Labute approximate surface area is 120 Å². The van der Waals surface area contributed by atoms with Crippen LogP contribution in [0.4, 0.5) is 4.39 Å². The van der Waals surface area contributed by atoms with E-state index in [1.807, 2.05) is 32.9 Å². The normalized spacial score (nSPS) is 10.8. The molecule has 2 aromatic rings. The van der Waals surface area contributed by atoms with Gasteiger partial charge in [-0.3, -0.25) is 0 Å². The Morgan fingerprint density at radius 2 is 1.75 bits per heavy atom. The van der Waals surface area contributed by atoms with Gasteiger partial charge in [0.25, 0.3) is 0 Å². The number of halogens is 1. The molecule has 0 bridgehead atoms. The molecular formula is C18H22FN. The molecule has 0 aliphatic carbocycles. The summed E-state index contributed by atoms with van der Waals surface area (Å²) in [7, 11) is 0. The molecule has 0 saturated heterocycles. The molecule has 1 N–H and O–H groups in total. The van der Waals surface area contributed by atoms with E-state index < -0.39 is 0 Å². The summed E-state index contributed by atoms with van der Waals surface area (Å²) in [4.78, 5) is 0. The maximum atomic E-state index is 14.3. The number of hydrogen-bond acceptors (Lipinski definition) is 1. The third-order valence-electron chi connectivity index (χ3n) is 3.57. The van der Waals surface area contributed by atoms with Crippen molar-refractivity contribution in [3.63, 3.8) is 0 Å². The Kier molecular flexibility index (Phi) is 4.56. The lowest BCUT2D eigenvalue weighted by atomic mass is 9.93. The number of aryl methyl sites for hydroxylation is 3. The van der Waals surface area contributed by atoms with Crippen LogP contribution in [-0.4, -0.2) is 6.54 Å². The van der Waals surface area contributed by atoms with E-state index in [1.54, 1.807) is 6.07 Å². The van der Waals surface area contributed by atoms with E-state index in [-0.39, 0.29) is 5.82 Å². The average molecular weight is 271 g/mol. The Morgan fingerprint density at radius 3 is 2.35 bits per heavy atom. The fraction of sp³-hybridized carbons (Fsp3) is 0.333.